The highest BCUT2D eigenvalue weighted by Crippen LogP contribution is 2.47. The Hall–Kier alpha value is -3.73. The van der Waals surface area contributed by atoms with Gasteiger partial charge in [-0.1, -0.05) is 23.2 Å². The molecule has 0 radical (unpaired) electrons. The third kappa shape index (κ3) is 6.45. The number of ether oxygens (including phenoxy) is 2. The normalized spacial score (nSPS) is 22.7. The second-order valence-corrected chi connectivity index (χ2v) is 14.5. The first-order valence-corrected chi connectivity index (χ1v) is 17.8. The Bertz CT molecular complexity index is 1940. The van der Waals surface area contributed by atoms with Gasteiger partial charge in [0, 0.05) is 50.8 Å². The Morgan fingerprint density at radius 2 is 2.00 bits per heavy atom. The number of carbonyl (C=O) groups excluding carboxylic acids is 1. The third-order valence-electron chi connectivity index (χ3n) is 10.5. The maximum Gasteiger partial charge on any atom is 0.418 e. The minimum Gasteiger partial charge on any atom is -0.461 e. The number of halogens is 7. The number of nitrogen functional groups attached to an aromatic ring is 1. The first kappa shape index (κ1) is 36.6. The summed E-state index contributed by atoms with van der Waals surface area (Å²) in [5.41, 5.74) is 4.72. The summed E-state index contributed by atoms with van der Waals surface area (Å²) >= 11 is 12.8. The Morgan fingerprint density at radius 3 is 2.73 bits per heavy atom. The molecule has 0 unspecified atom stereocenters. The van der Waals surface area contributed by atoms with E-state index in [4.69, 9.17) is 43.4 Å². The first-order chi connectivity index (χ1) is 24.7. The number of hydrogen-bond acceptors (Lipinski definition) is 9. The van der Waals surface area contributed by atoms with E-state index in [1.807, 2.05) is 11.8 Å². The number of rotatable bonds is 7. The lowest BCUT2D eigenvalue weighted by atomic mass is 9.93. The van der Waals surface area contributed by atoms with E-state index in [0.29, 0.717) is 73.7 Å². The number of aromatic nitrogens is 4. The summed E-state index contributed by atoms with van der Waals surface area (Å²) in [7, 11) is 1.66. The standard InChI is InChI=1S/C34H37Cl2F5N8O3/c1-3-46(2)31(50)29-27(36)23-15-47(7-5-9-49(23)45-29)30-19-16-51-24(25-26(34(39,40)41)20(35)10-21(42)28(25)38)11-22(19)43-32(44-30)52-17-33-6-4-8-48(33)14-18(12-33)13-37/h10,13,24H,3-9,11-12,14-17,42H2,1-2H3/b18-13-/t24-,33-/m0/s1. The number of amides is 1. The van der Waals surface area contributed by atoms with Crippen LogP contribution in [0.1, 0.15) is 77.3 Å². The summed E-state index contributed by atoms with van der Waals surface area (Å²) in [6, 6.07) is 0.693. The highest BCUT2D eigenvalue weighted by atomic mass is 35.5. The van der Waals surface area contributed by atoms with E-state index in [1.165, 1.54) is 4.90 Å². The number of anilines is 2. The number of fused-ring (bicyclic) bond motifs is 3. The minimum absolute atomic E-state index is 0.0419. The van der Waals surface area contributed by atoms with E-state index in [-0.39, 0.29) is 48.8 Å². The molecule has 0 saturated carbocycles. The quantitative estimate of drug-likeness (QED) is 0.212. The molecule has 11 nitrogen and oxygen atoms in total. The van der Waals surface area contributed by atoms with Crippen molar-refractivity contribution in [3.63, 3.8) is 0 Å². The number of hydrogen-bond donors (Lipinski definition) is 1. The molecule has 2 saturated heterocycles. The van der Waals surface area contributed by atoms with Crippen molar-refractivity contribution in [2.75, 3.05) is 50.5 Å². The minimum atomic E-state index is -5.00. The molecule has 1 aromatic carbocycles. The number of benzene rings is 1. The van der Waals surface area contributed by atoms with Crippen LogP contribution in [0.2, 0.25) is 10.0 Å². The number of aryl methyl sites for hydroxylation is 1. The molecule has 0 spiro atoms. The van der Waals surface area contributed by atoms with Crippen molar-refractivity contribution in [1.82, 2.24) is 29.5 Å². The second-order valence-electron chi connectivity index (χ2n) is 13.7. The van der Waals surface area contributed by atoms with Gasteiger partial charge in [0.15, 0.2) is 11.5 Å². The monoisotopic (exact) mass is 770 g/mol. The number of nitrogens with zero attached hydrogens (tertiary/aromatic N) is 7. The molecule has 52 heavy (non-hydrogen) atoms. The summed E-state index contributed by atoms with van der Waals surface area (Å²) in [5.74, 6) is -1.20. The van der Waals surface area contributed by atoms with Gasteiger partial charge < -0.3 is 25.0 Å². The zero-order valence-corrected chi connectivity index (χ0v) is 30.0. The Balaban J connectivity index is 1.28. The zero-order chi connectivity index (χ0) is 37.1. The predicted octanol–water partition coefficient (Wildman–Crippen LogP) is 6.51. The van der Waals surface area contributed by atoms with Crippen LogP contribution >= 0.6 is 23.2 Å². The average molecular weight is 772 g/mol. The molecule has 2 N–H and O–H groups in total. The second kappa shape index (κ2) is 13.9. The summed E-state index contributed by atoms with van der Waals surface area (Å²) in [4.78, 5) is 28.1. The molecular weight excluding hydrogens is 734 g/mol. The van der Waals surface area contributed by atoms with Gasteiger partial charge in [0.1, 0.15) is 12.4 Å². The summed E-state index contributed by atoms with van der Waals surface area (Å²) < 4.78 is 85.9. The smallest absolute Gasteiger partial charge is 0.418 e. The van der Waals surface area contributed by atoms with Crippen LogP contribution in [-0.2, 0) is 37.0 Å². The molecule has 0 aliphatic carbocycles. The largest absolute Gasteiger partial charge is 0.461 e. The van der Waals surface area contributed by atoms with Crippen molar-refractivity contribution < 1.29 is 36.2 Å². The van der Waals surface area contributed by atoms with Gasteiger partial charge in [-0.05, 0) is 50.8 Å². The van der Waals surface area contributed by atoms with Gasteiger partial charge in [-0.3, -0.25) is 14.4 Å². The molecule has 4 aliphatic heterocycles. The van der Waals surface area contributed by atoms with Crippen LogP contribution in [0.3, 0.4) is 0 Å². The SMILES string of the molecule is CCN(C)C(=O)c1nn2c(c1Cl)CN(c1nc(OC[C@@]34CCCN3C/C(=C\F)C4)nc3c1CO[C@H](c1c(F)c(N)cc(Cl)c1C(F)(F)F)C3)CCC2. The summed E-state index contributed by atoms with van der Waals surface area (Å²) in [6.45, 7) is 4.56. The van der Waals surface area contributed by atoms with Gasteiger partial charge in [0.2, 0.25) is 0 Å². The topological polar surface area (TPSA) is 115 Å². The first-order valence-electron chi connectivity index (χ1n) is 17.0. The van der Waals surface area contributed by atoms with E-state index in [0.717, 1.165) is 25.5 Å². The Labute approximate surface area is 306 Å². The van der Waals surface area contributed by atoms with Crippen molar-refractivity contribution in [2.45, 2.75) is 76.5 Å². The third-order valence-corrected chi connectivity index (χ3v) is 11.2. The highest BCUT2D eigenvalue weighted by molar-refractivity contribution is 6.34. The Kier molecular flexibility index (Phi) is 9.80. The summed E-state index contributed by atoms with van der Waals surface area (Å²) in [6.07, 6.45) is -3.33. The lowest BCUT2D eigenvalue weighted by Crippen LogP contribution is -2.43. The average Bonchev–Trinajstić information content (AvgIpc) is 3.70. The molecule has 3 aromatic rings. The summed E-state index contributed by atoms with van der Waals surface area (Å²) in [5, 5.41) is 3.98. The van der Waals surface area contributed by atoms with Crippen molar-refractivity contribution in [2.24, 2.45) is 0 Å². The van der Waals surface area contributed by atoms with Crippen LogP contribution < -0.4 is 15.4 Å². The van der Waals surface area contributed by atoms with Crippen LogP contribution in [0.4, 0.5) is 33.5 Å². The lowest BCUT2D eigenvalue weighted by molar-refractivity contribution is -0.140. The van der Waals surface area contributed by atoms with Crippen molar-refractivity contribution in [3.8, 4) is 6.01 Å². The fourth-order valence-corrected chi connectivity index (χ4v) is 8.38. The number of nitrogens with two attached hydrogens (primary N) is 1. The molecule has 0 bridgehead atoms. The Morgan fingerprint density at radius 1 is 1.21 bits per heavy atom. The molecule has 2 aromatic heterocycles. The van der Waals surface area contributed by atoms with Gasteiger partial charge in [0.25, 0.3) is 5.91 Å². The lowest BCUT2D eigenvalue weighted by Gasteiger charge is -2.33. The van der Waals surface area contributed by atoms with Crippen molar-refractivity contribution in [3.05, 3.63) is 67.6 Å². The van der Waals surface area contributed by atoms with E-state index in [1.54, 1.807) is 11.7 Å². The van der Waals surface area contributed by atoms with E-state index >= 15 is 4.39 Å². The molecule has 280 valence electrons. The van der Waals surface area contributed by atoms with Gasteiger partial charge >= 0.3 is 12.2 Å². The van der Waals surface area contributed by atoms with Gasteiger partial charge in [-0.2, -0.15) is 28.2 Å². The molecule has 2 atom stereocenters. The number of alkyl halides is 3. The fraction of sp³-hybridized carbons (Fsp3) is 0.529. The molecular formula is C34H37Cl2F5N8O3. The van der Waals surface area contributed by atoms with Crippen LogP contribution in [0.5, 0.6) is 6.01 Å². The van der Waals surface area contributed by atoms with Crippen molar-refractivity contribution >= 4 is 40.6 Å². The molecule has 1 amide bonds. The molecule has 7 rings (SSSR count). The van der Waals surface area contributed by atoms with E-state index in [9.17, 15) is 22.4 Å². The maximum atomic E-state index is 15.5. The zero-order valence-electron chi connectivity index (χ0n) is 28.5. The molecule has 18 heteroatoms. The van der Waals surface area contributed by atoms with Gasteiger partial charge in [-0.25, -0.2) is 8.78 Å². The van der Waals surface area contributed by atoms with Crippen molar-refractivity contribution in [1.29, 1.82) is 0 Å². The van der Waals surface area contributed by atoms with Crippen LogP contribution in [0.25, 0.3) is 0 Å². The number of carbonyl (C=O) groups is 1. The molecule has 2 fully saturated rings. The van der Waals surface area contributed by atoms with Crippen LogP contribution in [0.15, 0.2) is 18.0 Å². The molecule has 6 heterocycles. The fourth-order valence-electron chi connectivity index (χ4n) is 7.77. The van der Waals surface area contributed by atoms with Gasteiger partial charge in [0.05, 0.1) is 63.8 Å². The van der Waals surface area contributed by atoms with Crippen LogP contribution in [0, 0.1) is 5.82 Å². The van der Waals surface area contributed by atoms with E-state index in [2.05, 4.69) is 15.0 Å². The van der Waals surface area contributed by atoms with E-state index < -0.39 is 45.5 Å². The van der Waals surface area contributed by atoms with Crippen LogP contribution in [-0.4, -0.2) is 80.8 Å². The predicted molar refractivity (Wildman–Crippen MR) is 182 cm³/mol. The molecule has 4 aliphatic rings. The highest BCUT2D eigenvalue weighted by Gasteiger charge is 2.48. The maximum absolute atomic E-state index is 15.5. The van der Waals surface area contributed by atoms with Gasteiger partial charge in [-0.15, -0.1) is 0 Å².